The average molecular weight is 1470 g/mol. The van der Waals surface area contributed by atoms with Crippen LogP contribution in [0.2, 0.25) is 30.1 Å². The number of carboxylic acid groups (broad SMARTS) is 1. The number of carbonyl (C=O) groups excluding carboxylic acids is 2. The minimum Gasteiger partial charge on any atom is -0.490 e. The third kappa shape index (κ3) is 21.4. The summed E-state index contributed by atoms with van der Waals surface area (Å²) in [6.07, 6.45) is 14.9. The van der Waals surface area contributed by atoms with Crippen molar-refractivity contribution < 1.29 is 41.3 Å². The second kappa shape index (κ2) is 36.0. The van der Waals surface area contributed by atoms with Gasteiger partial charge in [-0.05, 0) is 175 Å². The molecule has 6 aliphatic heterocycles. The number of carboxylic acids is 1. The zero-order valence-electron chi connectivity index (χ0n) is 56.1. The van der Waals surface area contributed by atoms with Gasteiger partial charge in [-0.2, -0.15) is 0 Å². The van der Waals surface area contributed by atoms with Gasteiger partial charge in [0.25, 0.3) is 11.5 Å². The third-order valence-electron chi connectivity index (χ3n) is 20.1. The largest absolute Gasteiger partial charge is 0.490 e. The van der Waals surface area contributed by atoms with E-state index in [1.165, 1.54) is 24.9 Å². The number of carbonyl (C=O) groups is 3. The first-order valence-corrected chi connectivity index (χ1v) is 37.1. The van der Waals surface area contributed by atoms with Crippen LogP contribution in [0.5, 0.6) is 23.0 Å². The number of halogens is 6. The first-order valence-electron chi connectivity index (χ1n) is 34.9. The number of anilines is 1. The molecule has 1 aromatic heterocycles. The lowest BCUT2D eigenvalue weighted by Crippen LogP contribution is -2.50. The van der Waals surface area contributed by atoms with Gasteiger partial charge >= 0.3 is 5.97 Å². The van der Waals surface area contributed by atoms with Crippen molar-refractivity contribution in [1.29, 1.82) is 0 Å². The Bertz CT molecular complexity index is 3910. The fraction of sp³-hybridized carbons (Fsp3) is 0.455. The summed E-state index contributed by atoms with van der Waals surface area (Å²) in [5, 5.41) is 13.3. The van der Waals surface area contributed by atoms with Crippen molar-refractivity contribution in [2.45, 2.75) is 115 Å². The number of likely N-dealkylation sites (tertiary alicyclic amines) is 5. The molecule has 13 rings (SSSR count). The van der Waals surface area contributed by atoms with Crippen LogP contribution in [0.3, 0.4) is 0 Å². The molecule has 6 aromatic carbocycles. The molecule has 22 heteroatoms. The normalized spacial score (nSPS) is 18.6. The smallest absolute Gasteiger partial charge is 0.341 e. The van der Waals surface area contributed by atoms with Crippen LogP contribution >= 0.6 is 69.6 Å². The molecule has 6 saturated heterocycles. The number of fused-ring (bicyclic) bond motifs is 1. The minimum absolute atomic E-state index is 0. The molecule has 0 aliphatic carbocycles. The number of rotatable bonds is 19. The van der Waals surface area contributed by atoms with Gasteiger partial charge in [0.05, 0.1) is 35.7 Å². The first-order chi connectivity index (χ1) is 47.9. The van der Waals surface area contributed by atoms with Crippen molar-refractivity contribution in [2.24, 2.45) is 11.8 Å². The SMILES string of the molecule is CC(=O)c1cccc(CN2CCC(CN3CCC(Oc4ccc(Cl)c(Cl)c4)CC3)CC2)c1.O=C(O)COc1cccc(N2CCC(CN3CCC(Oc4ccc(Cl)c(Cl)c4)CC3)CC2)c1.O=C(c1c[nH]c(=O)c2ccccc12)N1CCC(N2CCC(Oc3ccc(Cl)c(Cl)c3)CC2)CC1.[HH].[HH]. The van der Waals surface area contributed by atoms with Crippen LogP contribution in [-0.4, -0.2) is 175 Å². The van der Waals surface area contributed by atoms with Crippen LogP contribution in [0, 0.1) is 11.8 Å². The Balaban J connectivity index is 0.000000175. The van der Waals surface area contributed by atoms with Gasteiger partial charge in [0.1, 0.15) is 41.3 Å². The van der Waals surface area contributed by atoms with Crippen LogP contribution in [0.15, 0.2) is 138 Å². The van der Waals surface area contributed by atoms with Crippen molar-refractivity contribution in [2.75, 3.05) is 103 Å². The van der Waals surface area contributed by atoms with Crippen LogP contribution in [0.25, 0.3) is 10.8 Å². The number of nitrogens with zero attached hydrogens (tertiary/aromatic N) is 6. The van der Waals surface area contributed by atoms with E-state index in [1.54, 1.807) is 61.7 Å². The summed E-state index contributed by atoms with van der Waals surface area (Å²) < 4.78 is 23.7. The number of Topliss-reactive ketones (excluding diaryl/α,β-unsaturated/α-hetero) is 1. The Kier molecular flexibility index (Phi) is 26.9. The van der Waals surface area contributed by atoms with Crippen LogP contribution in [-0.2, 0) is 11.3 Å². The molecular weight excluding hydrogens is 1380 g/mol. The molecular formula is C77H93Cl6N7O9. The molecule has 2 N–H and O–H groups in total. The lowest BCUT2D eigenvalue weighted by atomic mass is 9.94. The highest BCUT2D eigenvalue weighted by Crippen LogP contribution is 2.34. The van der Waals surface area contributed by atoms with Crippen molar-refractivity contribution in [1.82, 2.24) is 29.5 Å². The number of hydrogen-bond acceptors (Lipinski definition) is 13. The van der Waals surface area contributed by atoms with Crippen molar-refractivity contribution >= 4 is 104 Å². The molecule has 1 amide bonds. The minimum atomic E-state index is -0.966. The fourth-order valence-corrected chi connectivity index (χ4v) is 15.4. The molecule has 0 spiro atoms. The number of ketones is 1. The lowest BCUT2D eigenvalue weighted by Gasteiger charge is -2.41. The number of aliphatic carboxylic acids is 1. The lowest BCUT2D eigenvalue weighted by molar-refractivity contribution is -0.139. The topological polar surface area (TPSA) is 161 Å². The molecule has 0 atom stereocenters. The molecule has 0 radical (unpaired) electrons. The summed E-state index contributed by atoms with van der Waals surface area (Å²) in [6.45, 7) is 16.5. The van der Waals surface area contributed by atoms with Crippen LogP contribution < -0.4 is 29.4 Å². The van der Waals surface area contributed by atoms with Gasteiger partial charge in [-0.25, -0.2) is 4.79 Å². The summed E-state index contributed by atoms with van der Waals surface area (Å²) in [5.41, 5.74) is 3.53. The number of aromatic nitrogens is 1. The van der Waals surface area contributed by atoms with Gasteiger partial charge in [-0.1, -0.05) is 112 Å². The summed E-state index contributed by atoms with van der Waals surface area (Å²) in [7, 11) is 0. The summed E-state index contributed by atoms with van der Waals surface area (Å²) >= 11 is 36.3. The second-order valence-corrected chi connectivity index (χ2v) is 29.4. The van der Waals surface area contributed by atoms with E-state index in [-0.39, 0.29) is 45.0 Å². The predicted octanol–water partition coefficient (Wildman–Crippen LogP) is 16.6. The zero-order valence-corrected chi connectivity index (χ0v) is 60.7. The quantitative estimate of drug-likeness (QED) is 0.0736. The Morgan fingerprint density at radius 2 is 0.980 bits per heavy atom. The zero-order chi connectivity index (χ0) is 69.4. The van der Waals surface area contributed by atoms with E-state index < -0.39 is 5.97 Å². The third-order valence-corrected chi connectivity index (χ3v) is 22.3. The van der Waals surface area contributed by atoms with Gasteiger partial charge in [0.2, 0.25) is 0 Å². The van der Waals surface area contributed by atoms with Gasteiger partial charge < -0.3 is 48.6 Å². The Morgan fingerprint density at radius 1 is 0.495 bits per heavy atom. The first kappa shape index (κ1) is 73.9. The monoisotopic (exact) mass is 1470 g/mol. The average Bonchev–Trinajstić information content (AvgIpc) is 0.789. The summed E-state index contributed by atoms with van der Waals surface area (Å²) in [5.74, 6) is 3.56. The van der Waals surface area contributed by atoms with E-state index in [1.807, 2.05) is 71.6 Å². The predicted molar refractivity (Wildman–Crippen MR) is 401 cm³/mol. The maximum Gasteiger partial charge on any atom is 0.341 e. The van der Waals surface area contributed by atoms with E-state index in [2.05, 4.69) is 41.6 Å². The van der Waals surface area contributed by atoms with E-state index in [4.69, 9.17) is 93.7 Å². The molecule has 7 aromatic rings. The number of amides is 1. The number of ether oxygens (including phenoxy) is 4. The Hall–Kier alpha value is -6.28. The Morgan fingerprint density at radius 3 is 1.48 bits per heavy atom. The highest BCUT2D eigenvalue weighted by Gasteiger charge is 2.33. The number of H-pyrrole nitrogens is 1. The van der Waals surface area contributed by atoms with E-state index in [0.717, 1.165) is 190 Å². The van der Waals surface area contributed by atoms with Gasteiger partial charge in [-0.3, -0.25) is 24.2 Å². The number of benzene rings is 6. The maximum atomic E-state index is 13.2. The van der Waals surface area contributed by atoms with Crippen molar-refractivity contribution in [3.63, 3.8) is 0 Å². The molecule has 0 saturated carbocycles. The molecule has 16 nitrogen and oxygen atoms in total. The molecule has 7 heterocycles. The van der Waals surface area contributed by atoms with Gasteiger partial charge in [-0.15, -0.1) is 0 Å². The van der Waals surface area contributed by atoms with Crippen LogP contribution in [0.4, 0.5) is 5.69 Å². The fourth-order valence-electron chi connectivity index (χ4n) is 14.5. The second-order valence-electron chi connectivity index (χ2n) is 27.0. The Labute approximate surface area is 614 Å². The molecule has 0 unspecified atom stereocenters. The number of piperidine rings is 6. The summed E-state index contributed by atoms with van der Waals surface area (Å²) in [6, 6.07) is 39.9. The highest BCUT2D eigenvalue weighted by atomic mass is 35.5. The van der Waals surface area contributed by atoms with E-state index in [0.29, 0.717) is 64.2 Å². The molecule has 0 bridgehead atoms. The number of aromatic amines is 1. The van der Waals surface area contributed by atoms with E-state index in [9.17, 15) is 19.2 Å². The number of nitrogens with one attached hydrogen (secondary N) is 1. The van der Waals surface area contributed by atoms with E-state index >= 15 is 0 Å². The summed E-state index contributed by atoms with van der Waals surface area (Å²) in [4.78, 5) is 64.9. The van der Waals surface area contributed by atoms with Crippen molar-refractivity contribution in [3.05, 3.63) is 191 Å². The molecule has 99 heavy (non-hydrogen) atoms. The van der Waals surface area contributed by atoms with Gasteiger partial charge in [0.15, 0.2) is 12.4 Å². The van der Waals surface area contributed by atoms with Gasteiger partial charge in [0, 0.05) is 146 Å². The highest BCUT2D eigenvalue weighted by molar-refractivity contribution is 6.43. The van der Waals surface area contributed by atoms with Crippen molar-refractivity contribution in [3.8, 4) is 23.0 Å². The standard InChI is InChI=1S/C26H27Cl2N3O3.C26H32Cl2N2O2.C25H30Cl2N2O4.2H2/c27-23-6-5-19(15-24(23)28)34-18-9-13-30(14-10-18)17-7-11-31(12-8-17)26(33)22-16-29-25(32)21-4-2-1-3-20(21)22;1-19(31)22-4-2-3-21(15-22)18-29-11-7-20(8-12-29)17-30-13-9-23(10-14-30)32-24-5-6-25(27)26(28)16-24;26-23-5-4-22(15-24(23)27)33-20-8-10-28(11-9-20)16-18-6-12-29(13-7-18)19-2-1-3-21(14-19)32-17-25(30)31;;/h1-6,15-18H,7-14H2,(H,29,32);2-6,15-16,20,23H,7-14,17-18H2,1H3;1-5,14-15,18,20H,6-13,16-17H2,(H,30,31);2*1H. The number of hydrogen-bond donors (Lipinski definition) is 2. The maximum absolute atomic E-state index is 13.2. The molecule has 6 fully saturated rings. The molecule has 6 aliphatic rings. The number of pyridine rings is 1. The molecule has 532 valence electrons. The van der Waals surface area contributed by atoms with Crippen LogP contribution in [0.1, 0.15) is 113 Å².